The first-order valence-electron chi connectivity index (χ1n) is 22.3. The van der Waals surface area contributed by atoms with Crippen LogP contribution in [0.4, 0.5) is 0 Å². The lowest BCUT2D eigenvalue weighted by Crippen LogP contribution is -2.45. The zero-order chi connectivity index (χ0) is 45.4. The van der Waals surface area contributed by atoms with Crippen LogP contribution < -0.4 is 16.4 Å². The highest BCUT2D eigenvalue weighted by Crippen LogP contribution is 2.31. The molecule has 0 saturated carbocycles. The second kappa shape index (κ2) is 34.2. The smallest absolute Gasteiger partial charge is 0.270 e. The Bertz CT molecular complexity index is 1470. The third-order valence-electron chi connectivity index (χ3n) is 10.1. The zero-order valence-electron chi connectivity index (χ0n) is 38.2. The molecule has 0 aliphatic heterocycles. The molecule has 0 aliphatic carbocycles. The summed E-state index contributed by atoms with van der Waals surface area (Å²) in [6.07, 6.45) is 3.50. The van der Waals surface area contributed by atoms with Gasteiger partial charge in [-0.05, 0) is 48.8 Å². The van der Waals surface area contributed by atoms with Crippen molar-refractivity contribution in [3.8, 4) is 5.75 Å². The number of thiazole rings is 1. The molecular formula is C45H77N5O11S. The van der Waals surface area contributed by atoms with E-state index in [1.165, 1.54) is 11.3 Å². The minimum atomic E-state index is -0.399. The van der Waals surface area contributed by atoms with Gasteiger partial charge >= 0.3 is 0 Å². The van der Waals surface area contributed by atoms with Gasteiger partial charge in [0.15, 0.2) is 0 Å². The van der Waals surface area contributed by atoms with Crippen molar-refractivity contribution < 1.29 is 52.6 Å². The summed E-state index contributed by atoms with van der Waals surface area (Å²) in [5.74, 6) is 0.301. The Morgan fingerprint density at radius 3 is 1.92 bits per heavy atom. The number of nitrogens with zero attached hydrogens (tertiary/aromatic N) is 2. The fourth-order valence-corrected chi connectivity index (χ4v) is 7.32. The molecule has 4 atom stereocenters. The van der Waals surface area contributed by atoms with Gasteiger partial charge in [0, 0.05) is 63.5 Å². The summed E-state index contributed by atoms with van der Waals surface area (Å²) >= 11 is 1.36. The number of nitrogens with one attached hydrogen (secondary N) is 2. The molecule has 354 valence electrons. The molecule has 5 N–H and O–H groups in total. The van der Waals surface area contributed by atoms with Crippen molar-refractivity contribution in [3.63, 3.8) is 0 Å². The maximum atomic E-state index is 13.6. The van der Waals surface area contributed by atoms with Crippen molar-refractivity contribution in [2.45, 2.75) is 97.8 Å². The fraction of sp³-hybridized carbons (Fsp3) is 0.733. The number of phenols is 1. The van der Waals surface area contributed by atoms with Crippen LogP contribution in [-0.4, -0.2) is 151 Å². The molecular weight excluding hydrogens is 819 g/mol. The quantitative estimate of drug-likeness (QED) is 0.0663. The van der Waals surface area contributed by atoms with Crippen LogP contribution in [0.3, 0.4) is 0 Å². The molecule has 0 fully saturated rings. The van der Waals surface area contributed by atoms with Crippen LogP contribution in [0.2, 0.25) is 0 Å². The number of aromatic nitrogens is 1. The van der Waals surface area contributed by atoms with Gasteiger partial charge in [0.25, 0.3) is 5.91 Å². The standard InChI is InChI=1S/C45H77N5O11S/c1-7-17-50(43(53)30-35(5)8-2)40(34(3)4)32-41(55-6)45-49-39(33-62-45)44(54)48-37(31-36-9-12-38(51)13-10-36)11-14-42(52)47-16-19-57-21-23-59-25-27-61-29-28-60-26-24-58-22-20-56-18-15-46/h9-10,12-13,33-35,37,40-41,51H,7-8,11,14-32,46H2,1-6H3,(H,47,52)(H,48,54)/t35-,37?,40?,41?/m0/s1. The number of hydrogen-bond donors (Lipinski definition) is 4. The number of carbonyl (C=O) groups excluding carboxylic acids is 3. The maximum absolute atomic E-state index is 13.6. The van der Waals surface area contributed by atoms with E-state index in [1.54, 1.807) is 36.8 Å². The molecule has 0 bridgehead atoms. The van der Waals surface area contributed by atoms with Gasteiger partial charge in [-0.2, -0.15) is 0 Å². The van der Waals surface area contributed by atoms with Gasteiger partial charge in [0.05, 0.1) is 79.3 Å². The molecule has 1 heterocycles. The first-order chi connectivity index (χ1) is 30.0. The van der Waals surface area contributed by atoms with E-state index in [2.05, 4.69) is 45.3 Å². The van der Waals surface area contributed by atoms with Crippen molar-refractivity contribution >= 4 is 29.1 Å². The van der Waals surface area contributed by atoms with E-state index < -0.39 is 6.10 Å². The van der Waals surface area contributed by atoms with E-state index in [0.717, 1.165) is 18.4 Å². The summed E-state index contributed by atoms with van der Waals surface area (Å²) in [5.41, 5.74) is 6.53. The van der Waals surface area contributed by atoms with Gasteiger partial charge < -0.3 is 59.5 Å². The number of methoxy groups -OCH3 is 1. The van der Waals surface area contributed by atoms with Crippen LogP contribution >= 0.6 is 11.3 Å². The first-order valence-corrected chi connectivity index (χ1v) is 23.2. The number of benzene rings is 1. The highest BCUT2D eigenvalue weighted by atomic mass is 32.1. The van der Waals surface area contributed by atoms with Crippen LogP contribution in [0.1, 0.15) is 100 Å². The lowest BCUT2D eigenvalue weighted by Gasteiger charge is -2.36. The maximum Gasteiger partial charge on any atom is 0.270 e. The summed E-state index contributed by atoms with van der Waals surface area (Å²) in [6.45, 7) is 17.6. The number of amides is 3. The summed E-state index contributed by atoms with van der Waals surface area (Å²) in [6, 6.07) is 6.36. The van der Waals surface area contributed by atoms with Crippen molar-refractivity contribution in [2.24, 2.45) is 17.6 Å². The molecule has 62 heavy (non-hydrogen) atoms. The van der Waals surface area contributed by atoms with Gasteiger partial charge in [0.1, 0.15) is 22.6 Å². The van der Waals surface area contributed by atoms with Crippen molar-refractivity contribution in [1.82, 2.24) is 20.5 Å². The summed E-state index contributed by atoms with van der Waals surface area (Å²) in [7, 11) is 1.63. The third kappa shape index (κ3) is 24.0. The second-order valence-corrected chi connectivity index (χ2v) is 16.4. The molecule has 0 radical (unpaired) electrons. The summed E-state index contributed by atoms with van der Waals surface area (Å²) in [4.78, 5) is 46.6. The van der Waals surface area contributed by atoms with E-state index in [-0.39, 0.29) is 53.6 Å². The molecule has 3 amide bonds. The SMILES string of the molecule is CCCN(C(=O)C[C@@H](C)CC)C(CC(OC)c1nc(C(=O)NC(CCC(=O)NCCOCCOCCOCCOCCOCCOCCN)Cc2ccc(O)cc2)cs1)C(C)C. The fourth-order valence-electron chi connectivity index (χ4n) is 6.43. The predicted molar refractivity (Wildman–Crippen MR) is 240 cm³/mol. The van der Waals surface area contributed by atoms with E-state index in [0.29, 0.717) is 136 Å². The van der Waals surface area contributed by atoms with Crippen LogP contribution in [0.5, 0.6) is 5.75 Å². The van der Waals surface area contributed by atoms with E-state index in [1.807, 2.05) is 4.90 Å². The topological polar surface area (TPSA) is 202 Å². The lowest BCUT2D eigenvalue weighted by atomic mass is 9.94. The molecule has 0 aliphatic rings. The number of phenolic OH excluding ortho intramolecular Hbond substituents is 1. The van der Waals surface area contributed by atoms with E-state index in [9.17, 15) is 19.5 Å². The third-order valence-corrected chi connectivity index (χ3v) is 11.0. The Kier molecular flexibility index (Phi) is 30.3. The number of hydrogen-bond acceptors (Lipinski definition) is 14. The minimum absolute atomic E-state index is 0.0529. The lowest BCUT2D eigenvalue weighted by molar-refractivity contribution is -0.136. The summed E-state index contributed by atoms with van der Waals surface area (Å²) in [5, 5.41) is 18.2. The highest BCUT2D eigenvalue weighted by Gasteiger charge is 2.31. The van der Waals surface area contributed by atoms with Gasteiger partial charge in [-0.3, -0.25) is 14.4 Å². The number of nitrogens with two attached hydrogens (primary N) is 1. The molecule has 0 saturated heterocycles. The van der Waals surface area contributed by atoms with Gasteiger partial charge in [0.2, 0.25) is 11.8 Å². The second-order valence-electron chi connectivity index (χ2n) is 15.5. The Labute approximate surface area is 374 Å². The van der Waals surface area contributed by atoms with Gasteiger partial charge in [-0.15, -0.1) is 11.3 Å². The Morgan fingerprint density at radius 1 is 0.839 bits per heavy atom. The zero-order valence-corrected chi connectivity index (χ0v) is 39.1. The van der Waals surface area contributed by atoms with Gasteiger partial charge in [-0.25, -0.2) is 4.98 Å². The average Bonchev–Trinajstić information content (AvgIpc) is 3.76. The molecule has 2 rings (SSSR count). The minimum Gasteiger partial charge on any atom is -0.508 e. The molecule has 3 unspecified atom stereocenters. The number of aromatic hydroxyl groups is 1. The van der Waals surface area contributed by atoms with Crippen LogP contribution in [-0.2, 0) is 49.2 Å². The van der Waals surface area contributed by atoms with Crippen LogP contribution in [0, 0.1) is 11.8 Å². The monoisotopic (exact) mass is 896 g/mol. The highest BCUT2D eigenvalue weighted by molar-refractivity contribution is 7.09. The number of carbonyl (C=O) groups is 3. The molecule has 1 aromatic carbocycles. The van der Waals surface area contributed by atoms with E-state index in [4.69, 9.17) is 43.9 Å². The normalized spacial score (nSPS) is 13.5. The Balaban J connectivity index is 1.79. The number of ether oxygens (including phenoxy) is 7. The molecule has 17 heteroatoms. The average molecular weight is 896 g/mol. The Morgan fingerprint density at radius 2 is 1.40 bits per heavy atom. The summed E-state index contributed by atoms with van der Waals surface area (Å²) < 4.78 is 38.6. The van der Waals surface area contributed by atoms with Crippen molar-refractivity contribution in [3.05, 3.63) is 45.9 Å². The predicted octanol–water partition coefficient (Wildman–Crippen LogP) is 4.92. The molecule has 0 spiro atoms. The van der Waals surface area contributed by atoms with E-state index >= 15 is 0 Å². The van der Waals surface area contributed by atoms with Crippen molar-refractivity contribution in [2.75, 3.05) is 106 Å². The Hall–Kier alpha value is -3.26. The first kappa shape index (κ1) is 54.9. The van der Waals surface area contributed by atoms with Gasteiger partial charge in [-0.1, -0.05) is 53.2 Å². The molecule has 1 aromatic heterocycles. The molecule has 2 aromatic rings. The number of rotatable bonds is 38. The van der Waals surface area contributed by atoms with Crippen molar-refractivity contribution in [1.29, 1.82) is 0 Å². The molecule has 16 nitrogen and oxygen atoms in total. The van der Waals surface area contributed by atoms with Crippen LogP contribution in [0.15, 0.2) is 29.6 Å². The largest absolute Gasteiger partial charge is 0.508 e. The van der Waals surface area contributed by atoms with Crippen LogP contribution in [0.25, 0.3) is 0 Å².